The van der Waals surface area contributed by atoms with E-state index < -0.39 is 0 Å². The molecule has 0 aliphatic heterocycles. The van der Waals surface area contributed by atoms with Crippen molar-refractivity contribution < 1.29 is 0 Å². The lowest BCUT2D eigenvalue weighted by Crippen LogP contribution is -1.96. The van der Waals surface area contributed by atoms with Crippen LogP contribution in [0.5, 0.6) is 0 Å². The molecule has 1 aromatic heterocycles. The van der Waals surface area contributed by atoms with Gasteiger partial charge in [-0.25, -0.2) is 0 Å². The Balaban J connectivity index is 2.41. The minimum atomic E-state index is 0.909. The summed E-state index contributed by atoms with van der Waals surface area (Å²) in [6.07, 6.45) is 9.48. The standard InChI is InChI=1S/C13H25N3/c1-3-5-7-9-11-13(14)12(16-15-11)10-8-6-4-2/h3-10,14H2,1-2H3,(H,15,16). The molecule has 3 nitrogen and oxygen atoms in total. The van der Waals surface area contributed by atoms with Crippen LogP contribution < -0.4 is 5.73 Å². The lowest BCUT2D eigenvalue weighted by Gasteiger charge is -2.00. The van der Waals surface area contributed by atoms with Crippen LogP contribution in [-0.2, 0) is 12.8 Å². The molecule has 0 saturated carbocycles. The molecule has 0 bridgehead atoms. The van der Waals surface area contributed by atoms with Gasteiger partial charge in [-0.05, 0) is 25.7 Å². The number of aryl methyl sites for hydroxylation is 2. The average Bonchev–Trinajstić information content (AvgIpc) is 2.62. The summed E-state index contributed by atoms with van der Waals surface area (Å²) >= 11 is 0. The second-order valence-corrected chi connectivity index (χ2v) is 4.48. The fourth-order valence-electron chi connectivity index (χ4n) is 1.90. The third-order valence-electron chi connectivity index (χ3n) is 3.01. The molecule has 0 unspecified atom stereocenters. The van der Waals surface area contributed by atoms with Crippen LogP contribution in [0, 0.1) is 0 Å². The highest BCUT2D eigenvalue weighted by molar-refractivity contribution is 5.47. The number of aromatic nitrogens is 2. The Morgan fingerprint density at radius 2 is 1.62 bits per heavy atom. The molecule has 0 aliphatic rings. The fourth-order valence-corrected chi connectivity index (χ4v) is 1.90. The smallest absolute Gasteiger partial charge is 0.0854 e. The second-order valence-electron chi connectivity index (χ2n) is 4.48. The molecular weight excluding hydrogens is 198 g/mol. The Morgan fingerprint density at radius 3 is 2.25 bits per heavy atom. The number of unbranched alkanes of at least 4 members (excludes halogenated alkanes) is 4. The molecule has 1 aromatic rings. The van der Waals surface area contributed by atoms with Gasteiger partial charge >= 0.3 is 0 Å². The Morgan fingerprint density at radius 1 is 1.00 bits per heavy atom. The van der Waals surface area contributed by atoms with Gasteiger partial charge in [-0.2, -0.15) is 5.10 Å². The summed E-state index contributed by atoms with van der Waals surface area (Å²) in [4.78, 5) is 0. The van der Waals surface area contributed by atoms with Gasteiger partial charge in [0.1, 0.15) is 0 Å². The summed E-state index contributed by atoms with van der Waals surface area (Å²) in [5.74, 6) is 0. The van der Waals surface area contributed by atoms with E-state index >= 15 is 0 Å². The maximum absolute atomic E-state index is 6.07. The minimum Gasteiger partial charge on any atom is -0.396 e. The van der Waals surface area contributed by atoms with E-state index in [1.54, 1.807) is 0 Å². The summed E-state index contributed by atoms with van der Waals surface area (Å²) in [6, 6.07) is 0. The zero-order valence-corrected chi connectivity index (χ0v) is 10.7. The second kappa shape index (κ2) is 7.31. The van der Waals surface area contributed by atoms with Crippen molar-refractivity contribution in [2.75, 3.05) is 5.73 Å². The summed E-state index contributed by atoms with van der Waals surface area (Å²) in [6.45, 7) is 4.43. The molecule has 0 spiro atoms. The van der Waals surface area contributed by atoms with Crippen LogP contribution in [-0.4, -0.2) is 10.2 Å². The first-order valence-corrected chi connectivity index (χ1v) is 6.61. The number of H-pyrrole nitrogens is 1. The lowest BCUT2D eigenvalue weighted by molar-refractivity contribution is 0.701. The highest BCUT2D eigenvalue weighted by atomic mass is 15.1. The molecule has 0 amide bonds. The topological polar surface area (TPSA) is 54.7 Å². The molecule has 0 aromatic carbocycles. The molecule has 0 radical (unpaired) electrons. The van der Waals surface area contributed by atoms with E-state index in [0.717, 1.165) is 29.9 Å². The fraction of sp³-hybridized carbons (Fsp3) is 0.769. The normalized spacial score (nSPS) is 10.9. The van der Waals surface area contributed by atoms with Crippen molar-refractivity contribution in [3.63, 3.8) is 0 Å². The number of nitrogens with one attached hydrogen (secondary N) is 1. The predicted octanol–water partition coefficient (Wildman–Crippen LogP) is 3.46. The van der Waals surface area contributed by atoms with Gasteiger partial charge < -0.3 is 5.73 Å². The summed E-state index contributed by atoms with van der Waals surface area (Å²) in [7, 11) is 0. The van der Waals surface area contributed by atoms with Crippen LogP contribution >= 0.6 is 0 Å². The van der Waals surface area contributed by atoms with Gasteiger partial charge in [-0.1, -0.05) is 39.5 Å². The summed E-state index contributed by atoms with van der Waals surface area (Å²) in [5.41, 5.74) is 9.19. The number of rotatable bonds is 8. The van der Waals surface area contributed by atoms with Crippen molar-refractivity contribution in [3.8, 4) is 0 Å². The highest BCUT2D eigenvalue weighted by Crippen LogP contribution is 2.18. The Bertz CT molecular complexity index is 264. The molecule has 0 saturated heterocycles. The van der Waals surface area contributed by atoms with Crippen molar-refractivity contribution in [2.45, 2.75) is 65.2 Å². The summed E-state index contributed by atoms with van der Waals surface area (Å²) < 4.78 is 0. The third kappa shape index (κ3) is 3.87. The van der Waals surface area contributed by atoms with E-state index in [1.807, 2.05) is 0 Å². The summed E-state index contributed by atoms with van der Waals surface area (Å²) in [5, 5.41) is 7.40. The van der Waals surface area contributed by atoms with Crippen molar-refractivity contribution in [2.24, 2.45) is 0 Å². The van der Waals surface area contributed by atoms with Crippen LogP contribution in [0.2, 0.25) is 0 Å². The zero-order valence-electron chi connectivity index (χ0n) is 10.7. The van der Waals surface area contributed by atoms with E-state index in [-0.39, 0.29) is 0 Å². The van der Waals surface area contributed by atoms with Crippen molar-refractivity contribution in [1.29, 1.82) is 0 Å². The molecule has 16 heavy (non-hydrogen) atoms. The Labute approximate surface area is 98.8 Å². The number of hydrogen-bond acceptors (Lipinski definition) is 2. The van der Waals surface area contributed by atoms with E-state index in [9.17, 15) is 0 Å². The van der Waals surface area contributed by atoms with Crippen molar-refractivity contribution in [1.82, 2.24) is 10.2 Å². The quantitative estimate of drug-likeness (QED) is 0.663. The van der Waals surface area contributed by atoms with Crippen molar-refractivity contribution >= 4 is 5.69 Å². The first-order valence-electron chi connectivity index (χ1n) is 6.61. The molecule has 3 N–H and O–H groups in total. The number of nitrogen functional groups attached to an aromatic ring is 1. The van der Waals surface area contributed by atoms with Crippen LogP contribution in [0.25, 0.3) is 0 Å². The largest absolute Gasteiger partial charge is 0.396 e. The number of aromatic amines is 1. The lowest BCUT2D eigenvalue weighted by atomic mass is 10.1. The van der Waals surface area contributed by atoms with Crippen LogP contribution in [0.4, 0.5) is 5.69 Å². The van der Waals surface area contributed by atoms with Gasteiger partial charge in [0, 0.05) is 0 Å². The van der Waals surface area contributed by atoms with E-state index in [2.05, 4.69) is 24.0 Å². The minimum absolute atomic E-state index is 0.909. The number of anilines is 1. The molecule has 1 heterocycles. The molecule has 1 rings (SSSR count). The van der Waals surface area contributed by atoms with Gasteiger partial charge in [-0.3, -0.25) is 5.10 Å². The van der Waals surface area contributed by atoms with Gasteiger partial charge in [-0.15, -0.1) is 0 Å². The van der Waals surface area contributed by atoms with Gasteiger partial charge in [0.05, 0.1) is 17.1 Å². The first kappa shape index (κ1) is 13.1. The average molecular weight is 223 g/mol. The van der Waals surface area contributed by atoms with Gasteiger partial charge in [0.15, 0.2) is 0 Å². The van der Waals surface area contributed by atoms with Crippen LogP contribution in [0.1, 0.15) is 63.8 Å². The monoisotopic (exact) mass is 223 g/mol. The molecule has 0 aliphatic carbocycles. The SMILES string of the molecule is CCCCCc1n[nH]c(CCCCC)c1N. The molecule has 92 valence electrons. The maximum Gasteiger partial charge on any atom is 0.0854 e. The molecular formula is C13H25N3. The van der Waals surface area contributed by atoms with E-state index in [4.69, 9.17) is 5.73 Å². The number of nitrogens with two attached hydrogens (primary N) is 1. The Hall–Kier alpha value is -0.990. The number of hydrogen-bond donors (Lipinski definition) is 2. The zero-order chi connectivity index (χ0) is 11.8. The van der Waals surface area contributed by atoms with E-state index in [0.29, 0.717) is 0 Å². The van der Waals surface area contributed by atoms with E-state index in [1.165, 1.54) is 38.5 Å². The van der Waals surface area contributed by atoms with Crippen molar-refractivity contribution in [3.05, 3.63) is 11.4 Å². The van der Waals surface area contributed by atoms with Gasteiger partial charge in [0.25, 0.3) is 0 Å². The first-order chi connectivity index (χ1) is 7.79. The predicted molar refractivity (Wildman–Crippen MR) is 69.5 cm³/mol. The van der Waals surface area contributed by atoms with Crippen LogP contribution in [0.3, 0.4) is 0 Å². The molecule has 0 fully saturated rings. The van der Waals surface area contributed by atoms with Crippen LogP contribution in [0.15, 0.2) is 0 Å². The maximum atomic E-state index is 6.07. The van der Waals surface area contributed by atoms with Gasteiger partial charge in [0.2, 0.25) is 0 Å². The number of nitrogens with zero attached hydrogens (tertiary/aromatic N) is 1. The highest BCUT2D eigenvalue weighted by Gasteiger charge is 2.08. The molecule has 0 atom stereocenters. The molecule has 3 heteroatoms. The Kier molecular flexibility index (Phi) is 5.98. The third-order valence-corrected chi connectivity index (χ3v) is 3.01.